The lowest BCUT2D eigenvalue weighted by Crippen LogP contribution is -2.30. The van der Waals surface area contributed by atoms with E-state index < -0.39 is 17.1 Å². The van der Waals surface area contributed by atoms with Gasteiger partial charge in [0.15, 0.2) is 0 Å². The zero-order valence-electron chi connectivity index (χ0n) is 26.4. The number of amides is 3. The number of carbonyl (C=O) groups excluding carboxylic acids is 3. The number of benzene rings is 5. The molecular formula is C38H31Cl2N3O5S. The Morgan fingerprint density at radius 2 is 1.39 bits per heavy atom. The van der Waals surface area contributed by atoms with E-state index in [1.54, 1.807) is 84.9 Å². The number of thioether (sulfide) groups is 1. The molecule has 0 saturated heterocycles. The van der Waals surface area contributed by atoms with E-state index in [-0.39, 0.29) is 11.6 Å². The molecule has 5 aromatic rings. The van der Waals surface area contributed by atoms with Gasteiger partial charge < -0.3 is 25.4 Å². The topological polar surface area (TPSA) is 106 Å². The van der Waals surface area contributed by atoms with E-state index in [0.29, 0.717) is 48.9 Å². The summed E-state index contributed by atoms with van der Waals surface area (Å²) >= 11 is 14.0. The first-order valence-electron chi connectivity index (χ1n) is 14.9. The van der Waals surface area contributed by atoms with Crippen molar-refractivity contribution >= 4 is 70.1 Å². The first-order valence-corrected chi connectivity index (χ1v) is 16.6. The molecule has 0 aliphatic rings. The molecule has 5 aromatic carbocycles. The molecule has 1 atom stereocenters. The molecule has 0 radical (unpaired) electrons. The molecular weight excluding hydrogens is 681 g/mol. The average Bonchev–Trinajstić information content (AvgIpc) is 3.12. The highest BCUT2D eigenvalue weighted by atomic mass is 35.5. The lowest BCUT2D eigenvalue weighted by Gasteiger charge is -2.19. The van der Waals surface area contributed by atoms with E-state index >= 15 is 0 Å². The first-order chi connectivity index (χ1) is 23.7. The predicted octanol–water partition coefficient (Wildman–Crippen LogP) is 8.89. The summed E-state index contributed by atoms with van der Waals surface area (Å²) in [6, 6.07) is 35.1. The normalized spacial score (nSPS) is 11.6. The van der Waals surface area contributed by atoms with Crippen LogP contribution in [0, 0.1) is 0 Å². The third-order valence-corrected chi connectivity index (χ3v) is 9.04. The second-order valence-electron chi connectivity index (χ2n) is 10.5. The number of nitrogens with one attached hydrogen (secondary N) is 3. The molecule has 11 heteroatoms. The Morgan fingerprint density at radius 3 is 2.08 bits per heavy atom. The molecule has 0 aliphatic heterocycles. The van der Waals surface area contributed by atoms with Gasteiger partial charge in [-0.3, -0.25) is 14.4 Å². The molecule has 248 valence electrons. The van der Waals surface area contributed by atoms with Crippen molar-refractivity contribution in [1.82, 2.24) is 5.32 Å². The number of rotatable bonds is 12. The number of carbonyl (C=O) groups is 3. The van der Waals surface area contributed by atoms with Gasteiger partial charge in [0.25, 0.3) is 11.8 Å². The van der Waals surface area contributed by atoms with Crippen LogP contribution in [-0.4, -0.2) is 31.9 Å². The van der Waals surface area contributed by atoms with Gasteiger partial charge in [-0.05, 0) is 59.7 Å². The highest BCUT2D eigenvalue weighted by molar-refractivity contribution is 8.00. The minimum atomic E-state index is -0.696. The third-order valence-electron chi connectivity index (χ3n) is 7.15. The Bertz CT molecular complexity index is 1990. The highest BCUT2D eigenvalue weighted by Gasteiger charge is 2.24. The van der Waals surface area contributed by atoms with Crippen molar-refractivity contribution in [3.63, 3.8) is 0 Å². The largest absolute Gasteiger partial charge is 0.495 e. The van der Waals surface area contributed by atoms with Crippen LogP contribution in [0.1, 0.15) is 26.7 Å². The second-order valence-corrected chi connectivity index (χ2v) is 12.5. The number of hydrogen-bond donors (Lipinski definition) is 3. The van der Waals surface area contributed by atoms with Gasteiger partial charge >= 0.3 is 0 Å². The minimum Gasteiger partial charge on any atom is -0.495 e. The fourth-order valence-electron chi connectivity index (χ4n) is 4.73. The van der Waals surface area contributed by atoms with Crippen LogP contribution in [-0.2, 0) is 9.59 Å². The van der Waals surface area contributed by atoms with Gasteiger partial charge in [-0.15, -0.1) is 11.8 Å². The fourth-order valence-corrected chi connectivity index (χ4v) is 6.24. The third kappa shape index (κ3) is 9.23. The molecule has 8 nitrogen and oxygen atoms in total. The van der Waals surface area contributed by atoms with Gasteiger partial charge in [0.2, 0.25) is 5.91 Å². The Balaban J connectivity index is 1.40. The summed E-state index contributed by atoms with van der Waals surface area (Å²) in [6.07, 6.45) is 1.52. The van der Waals surface area contributed by atoms with E-state index in [9.17, 15) is 14.4 Å². The maximum atomic E-state index is 13.8. The molecule has 0 fully saturated rings. The Hall–Kier alpha value is -5.22. The van der Waals surface area contributed by atoms with E-state index in [1.165, 1.54) is 32.1 Å². The van der Waals surface area contributed by atoms with Crippen LogP contribution in [0.2, 0.25) is 10.0 Å². The van der Waals surface area contributed by atoms with Crippen LogP contribution >= 0.6 is 35.0 Å². The summed E-state index contributed by atoms with van der Waals surface area (Å²) in [6.45, 7) is 0. The van der Waals surface area contributed by atoms with Gasteiger partial charge in [-0.25, -0.2) is 0 Å². The van der Waals surface area contributed by atoms with Gasteiger partial charge in [0.05, 0.1) is 24.9 Å². The van der Waals surface area contributed by atoms with Crippen molar-refractivity contribution in [1.29, 1.82) is 0 Å². The zero-order chi connectivity index (χ0) is 34.8. The molecule has 5 rings (SSSR count). The van der Waals surface area contributed by atoms with Crippen LogP contribution in [0.15, 0.2) is 132 Å². The van der Waals surface area contributed by atoms with Gasteiger partial charge in [0, 0.05) is 27.2 Å². The summed E-state index contributed by atoms with van der Waals surface area (Å²) in [4.78, 5) is 41.2. The highest BCUT2D eigenvalue weighted by Crippen LogP contribution is 2.40. The van der Waals surface area contributed by atoms with Crippen molar-refractivity contribution in [3.05, 3.63) is 154 Å². The monoisotopic (exact) mass is 711 g/mol. The number of anilines is 2. The fraction of sp³-hybridized carbons (Fsp3) is 0.0789. The molecule has 49 heavy (non-hydrogen) atoms. The second kappa shape index (κ2) is 16.7. The van der Waals surface area contributed by atoms with Gasteiger partial charge in [-0.1, -0.05) is 96.0 Å². The Kier molecular flexibility index (Phi) is 12.0. The maximum Gasteiger partial charge on any atom is 0.272 e. The summed E-state index contributed by atoms with van der Waals surface area (Å²) in [5.74, 6) is -0.541. The van der Waals surface area contributed by atoms with Crippen molar-refractivity contribution < 1.29 is 23.9 Å². The summed E-state index contributed by atoms with van der Waals surface area (Å²) in [5, 5.41) is 8.57. The summed E-state index contributed by atoms with van der Waals surface area (Å²) in [7, 11) is 2.98. The van der Waals surface area contributed by atoms with Crippen LogP contribution in [0.4, 0.5) is 11.4 Å². The average molecular weight is 713 g/mol. The molecule has 0 spiro atoms. The molecule has 0 bridgehead atoms. The lowest BCUT2D eigenvalue weighted by molar-refractivity contribution is -0.116. The smallest absolute Gasteiger partial charge is 0.272 e. The zero-order valence-corrected chi connectivity index (χ0v) is 28.7. The van der Waals surface area contributed by atoms with Crippen LogP contribution in [0.25, 0.3) is 6.08 Å². The summed E-state index contributed by atoms with van der Waals surface area (Å²) < 4.78 is 10.8. The van der Waals surface area contributed by atoms with Crippen LogP contribution in [0.5, 0.6) is 11.5 Å². The van der Waals surface area contributed by atoms with Crippen molar-refractivity contribution in [2.45, 2.75) is 10.1 Å². The SMILES string of the molecule is COc1cc(OC)c(NC(=O)C(Sc2cccc(NC(=O)/C(=C\c3ccccc3Cl)NC(=O)c3ccccc3)c2)c2ccccc2)cc1Cl. The minimum absolute atomic E-state index is 0.00588. The standard InChI is InChI=1S/C38H31Cl2N3O5S/c1-47-33-23-34(48-2)31(22-30(33)40)42-38(46)35(24-12-5-3-6-13-24)49-28-18-11-17-27(21-28)41-37(45)32(20-26-16-9-10-19-29(26)39)43-36(44)25-14-7-4-8-15-25/h3-23,35H,1-2H3,(H,41,45)(H,42,46)(H,43,44)/b32-20+. The predicted molar refractivity (Wildman–Crippen MR) is 197 cm³/mol. The van der Waals surface area contributed by atoms with Crippen LogP contribution in [0.3, 0.4) is 0 Å². The quantitative estimate of drug-likeness (QED) is 0.0882. The van der Waals surface area contributed by atoms with Crippen molar-refractivity contribution in [2.75, 3.05) is 24.9 Å². The van der Waals surface area contributed by atoms with E-state index in [1.807, 2.05) is 36.4 Å². The molecule has 1 unspecified atom stereocenters. The van der Waals surface area contributed by atoms with E-state index in [4.69, 9.17) is 32.7 Å². The molecule has 0 heterocycles. The molecule has 0 aromatic heterocycles. The van der Waals surface area contributed by atoms with Crippen molar-refractivity contribution in [2.24, 2.45) is 0 Å². The summed E-state index contributed by atoms with van der Waals surface area (Å²) in [5.41, 5.74) is 2.53. The number of ether oxygens (including phenoxy) is 2. The molecule has 0 aliphatic carbocycles. The van der Waals surface area contributed by atoms with Gasteiger partial charge in [-0.2, -0.15) is 0 Å². The van der Waals surface area contributed by atoms with Gasteiger partial charge in [0.1, 0.15) is 22.4 Å². The molecule has 3 amide bonds. The van der Waals surface area contributed by atoms with E-state index in [0.717, 1.165) is 5.56 Å². The maximum absolute atomic E-state index is 13.8. The first kappa shape index (κ1) is 35.1. The molecule has 3 N–H and O–H groups in total. The number of halogens is 2. The van der Waals surface area contributed by atoms with Crippen molar-refractivity contribution in [3.8, 4) is 11.5 Å². The Morgan fingerprint density at radius 1 is 0.714 bits per heavy atom. The number of methoxy groups -OCH3 is 2. The van der Waals surface area contributed by atoms with E-state index in [2.05, 4.69) is 16.0 Å². The van der Waals surface area contributed by atoms with Crippen LogP contribution < -0.4 is 25.4 Å². The number of hydrogen-bond acceptors (Lipinski definition) is 6. The Labute approximate surface area is 298 Å². The molecule has 0 saturated carbocycles. The lowest BCUT2D eigenvalue weighted by atomic mass is 10.1.